The molecule has 0 amide bonds. The third-order valence-corrected chi connectivity index (χ3v) is 18.8. The van der Waals surface area contributed by atoms with Gasteiger partial charge in [-0.05, 0) is 154 Å². The number of furan rings is 1. The molecule has 446 valence electrons. The fourth-order valence-electron chi connectivity index (χ4n) is 12.8. The number of fused-ring (bicyclic) bond motifs is 10. The quantitative estimate of drug-likeness (QED) is 0.0751. The molecule has 14 nitrogen and oxygen atoms in total. The molecule has 4 N–H and O–H groups in total. The number of hydrogen-bond acceptors (Lipinski definition) is 13. The van der Waals surface area contributed by atoms with Gasteiger partial charge in [0.1, 0.15) is 34.6 Å². The molecule has 0 saturated heterocycles. The molecule has 0 aliphatic carbocycles. The first-order chi connectivity index (χ1) is 46.8. The standard InChI is InChI=1S/C80H49N13OS/c81-36-33-47-11-22-56(23-12-47)87-78-65-40-51(18-29-69(65)84-45-85-78)50-17-28-68-55(39-50)44-74(90-68)93-46-86-70-30-19-53(42-67(70)80(93)89-58-26-15-49(16-27-58)35-38-83)60-7-4-9-63-64-43-54(21-32-73(64)95-76(60)63)77-91-71-31-20-52(59-6-3-8-62-61-5-1-2-10-72(61)94-75(59)62)41-66(71)79(92-77)88-57-24-13-48(14-25-57)34-37-82/h1-32,39-46,90H,33-35H2,(H2,84,85,87,88,91,92)/p+1. The maximum atomic E-state index is 9.52. The first kappa shape index (κ1) is 55.9. The second-order valence-electron chi connectivity index (χ2n) is 23.5. The summed E-state index contributed by atoms with van der Waals surface area (Å²) < 4.78 is 10.8. The molecule has 0 atom stereocenters. The van der Waals surface area contributed by atoms with Crippen LogP contribution in [0.25, 0.3) is 136 Å². The Labute approximate surface area is 547 Å². The van der Waals surface area contributed by atoms with E-state index >= 15 is 0 Å². The van der Waals surface area contributed by atoms with E-state index in [4.69, 9.17) is 19.4 Å². The highest BCUT2D eigenvalue weighted by Gasteiger charge is 2.23. The average Bonchev–Trinajstić information content (AvgIpc) is 1.70. The van der Waals surface area contributed by atoms with Crippen LogP contribution in [0.5, 0.6) is 0 Å². The van der Waals surface area contributed by atoms with E-state index in [2.05, 4.69) is 187 Å². The second kappa shape index (κ2) is 23.3. The highest BCUT2D eigenvalue weighted by molar-refractivity contribution is 7.26. The summed E-state index contributed by atoms with van der Waals surface area (Å²) in [7, 11) is 0. The van der Waals surface area contributed by atoms with Crippen molar-refractivity contribution >= 4 is 132 Å². The normalized spacial score (nSPS) is 11.5. The van der Waals surface area contributed by atoms with Crippen molar-refractivity contribution in [1.82, 2.24) is 29.9 Å². The number of hydrogen-bond donors (Lipinski definition) is 4. The molecule has 6 heterocycles. The summed E-state index contributed by atoms with van der Waals surface area (Å²) in [4.78, 5) is 28.6. The number of para-hydroxylation sites is 2. The molecular weight excluding hydrogens is 1190 g/mol. The number of thiophene rings is 1. The van der Waals surface area contributed by atoms with Crippen LogP contribution in [0.3, 0.4) is 0 Å². The van der Waals surface area contributed by atoms with Crippen LogP contribution in [0.2, 0.25) is 0 Å². The first-order valence-electron chi connectivity index (χ1n) is 31.0. The van der Waals surface area contributed by atoms with Gasteiger partial charge >= 0.3 is 0 Å². The zero-order valence-electron chi connectivity index (χ0n) is 50.6. The third kappa shape index (κ3) is 10.3. The molecular formula is C80H50N13OS+. The van der Waals surface area contributed by atoms with Crippen molar-refractivity contribution < 1.29 is 8.98 Å². The molecule has 15 heteroatoms. The zero-order valence-corrected chi connectivity index (χ0v) is 51.4. The van der Waals surface area contributed by atoms with E-state index in [1.807, 2.05) is 103 Å². The van der Waals surface area contributed by atoms with Crippen LogP contribution in [-0.4, -0.2) is 29.9 Å². The Bertz CT molecular complexity index is 6090. The highest BCUT2D eigenvalue weighted by Crippen LogP contribution is 2.44. The summed E-state index contributed by atoms with van der Waals surface area (Å²) in [6, 6.07) is 85.4. The van der Waals surface area contributed by atoms with Crippen molar-refractivity contribution in [3.63, 3.8) is 0 Å². The predicted molar refractivity (Wildman–Crippen MR) is 380 cm³/mol. The fourth-order valence-corrected chi connectivity index (χ4v) is 14.1. The van der Waals surface area contributed by atoms with Crippen molar-refractivity contribution in [1.29, 1.82) is 15.8 Å². The van der Waals surface area contributed by atoms with Crippen molar-refractivity contribution in [2.24, 2.45) is 0 Å². The Balaban J connectivity index is 0.737. The highest BCUT2D eigenvalue weighted by atomic mass is 32.1. The van der Waals surface area contributed by atoms with E-state index < -0.39 is 0 Å². The molecule has 0 saturated carbocycles. The lowest BCUT2D eigenvalue weighted by atomic mass is 10.00. The Morgan fingerprint density at radius 1 is 0.442 bits per heavy atom. The number of nitrogens with one attached hydrogen (secondary N) is 4. The Morgan fingerprint density at radius 3 is 1.77 bits per heavy atom. The molecule has 0 aliphatic rings. The first-order valence-corrected chi connectivity index (χ1v) is 31.8. The predicted octanol–water partition coefficient (Wildman–Crippen LogP) is 19.2. The van der Waals surface area contributed by atoms with Gasteiger partial charge in [-0.1, -0.05) is 115 Å². The topological polar surface area (TPSA) is 205 Å². The van der Waals surface area contributed by atoms with Crippen LogP contribution in [0, 0.1) is 34.0 Å². The minimum atomic E-state index is 0.316. The monoisotopic (exact) mass is 1240 g/mol. The van der Waals surface area contributed by atoms with Crippen LogP contribution in [0.4, 0.5) is 34.5 Å². The number of anilines is 6. The summed E-state index contributed by atoms with van der Waals surface area (Å²) in [5.41, 5.74) is 17.4. The second-order valence-corrected chi connectivity index (χ2v) is 24.5. The van der Waals surface area contributed by atoms with E-state index in [1.165, 1.54) is 0 Å². The van der Waals surface area contributed by atoms with Crippen LogP contribution in [0.15, 0.2) is 248 Å². The van der Waals surface area contributed by atoms with Gasteiger partial charge in [-0.3, -0.25) is 10.3 Å². The van der Waals surface area contributed by atoms with Gasteiger partial charge in [-0.25, -0.2) is 19.9 Å². The number of aromatic nitrogens is 7. The summed E-state index contributed by atoms with van der Waals surface area (Å²) in [5.74, 6) is 3.54. The fraction of sp³-hybridized carbons (Fsp3) is 0.0375. The Morgan fingerprint density at radius 2 is 1.02 bits per heavy atom. The van der Waals surface area contributed by atoms with Crippen molar-refractivity contribution in [2.45, 2.75) is 19.3 Å². The maximum Gasteiger partial charge on any atom is 0.215 e. The van der Waals surface area contributed by atoms with Crippen molar-refractivity contribution in [3.8, 4) is 68.8 Å². The molecule has 0 aliphatic heterocycles. The van der Waals surface area contributed by atoms with Gasteiger partial charge < -0.3 is 15.1 Å². The van der Waals surface area contributed by atoms with Gasteiger partial charge in [0.05, 0.1) is 65.1 Å². The van der Waals surface area contributed by atoms with E-state index in [1.54, 1.807) is 17.7 Å². The van der Waals surface area contributed by atoms with E-state index in [-0.39, 0.29) is 0 Å². The molecule has 17 rings (SSSR count). The minimum Gasteiger partial charge on any atom is -0.455 e. The average molecular weight is 1240 g/mol. The molecule has 17 aromatic rings. The molecule has 0 radical (unpaired) electrons. The van der Waals surface area contributed by atoms with Crippen LogP contribution in [0.1, 0.15) is 16.7 Å². The summed E-state index contributed by atoms with van der Waals surface area (Å²) >= 11 is 1.76. The maximum absolute atomic E-state index is 9.52. The lowest BCUT2D eigenvalue weighted by Crippen LogP contribution is -2.35. The van der Waals surface area contributed by atoms with Crippen molar-refractivity contribution in [3.05, 3.63) is 260 Å². The Hall–Kier alpha value is -13.1. The number of nitriles is 3. The van der Waals surface area contributed by atoms with E-state index in [9.17, 15) is 15.8 Å². The number of nitrogens with zero attached hydrogens (tertiary/aromatic N) is 9. The summed E-state index contributed by atoms with van der Waals surface area (Å²) in [6.45, 7) is 0. The van der Waals surface area contributed by atoms with Crippen molar-refractivity contribution in [2.75, 3.05) is 16.0 Å². The van der Waals surface area contributed by atoms with Gasteiger partial charge in [0.25, 0.3) is 0 Å². The van der Waals surface area contributed by atoms with Gasteiger partial charge in [0, 0.05) is 75.7 Å². The molecule has 95 heavy (non-hydrogen) atoms. The van der Waals surface area contributed by atoms with E-state index in [0.29, 0.717) is 36.7 Å². The largest absolute Gasteiger partial charge is 0.455 e. The van der Waals surface area contributed by atoms with Crippen LogP contribution < -0.4 is 20.5 Å². The SMILES string of the molecule is N#CCc1ccc(Nc2ncnc3ccc(-c4ccc5[nH]c(-[n+]6cnc7ccc(-c8cccc9c8sc8ccc(-c%10nc(Nc%11ccc(CC#N)cc%11)c%11cc(-c%12cccc%13c%12oc%12ccccc%12%13)ccc%11n%10)cc89)cc7c6Nc6ccc(CC#N)cc6)cc5c4)cc23)cc1. The van der Waals surface area contributed by atoms with Gasteiger partial charge in [0.2, 0.25) is 18.0 Å². The summed E-state index contributed by atoms with van der Waals surface area (Å²) in [6.07, 6.45) is 4.41. The lowest BCUT2D eigenvalue weighted by Gasteiger charge is -2.13. The van der Waals surface area contributed by atoms with Gasteiger partial charge in [-0.2, -0.15) is 20.4 Å². The third-order valence-electron chi connectivity index (χ3n) is 17.6. The van der Waals surface area contributed by atoms with Gasteiger partial charge in [0.15, 0.2) is 5.82 Å². The Kier molecular flexibility index (Phi) is 13.7. The molecule has 0 bridgehead atoms. The van der Waals surface area contributed by atoms with Crippen LogP contribution >= 0.6 is 11.3 Å². The number of rotatable bonds is 14. The number of aromatic amines is 1. The minimum absolute atomic E-state index is 0.316. The van der Waals surface area contributed by atoms with Gasteiger partial charge in [-0.15, -0.1) is 16.3 Å². The number of H-pyrrole nitrogens is 1. The van der Waals surface area contributed by atoms with E-state index in [0.717, 1.165) is 170 Å². The molecule has 6 aromatic heterocycles. The summed E-state index contributed by atoms with van der Waals surface area (Å²) in [5, 5.41) is 47.0. The molecule has 11 aromatic carbocycles. The molecule has 0 unspecified atom stereocenters. The smallest absolute Gasteiger partial charge is 0.215 e. The number of benzene rings is 11. The zero-order chi connectivity index (χ0) is 63.5. The van der Waals surface area contributed by atoms with Crippen LogP contribution in [-0.2, 0) is 19.3 Å². The lowest BCUT2D eigenvalue weighted by molar-refractivity contribution is -0.585. The molecule has 0 fully saturated rings. The molecule has 0 spiro atoms.